The van der Waals surface area contributed by atoms with Gasteiger partial charge in [-0.15, -0.1) is 12.4 Å². The van der Waals surface area contributed by atoms with Crippen molar-refractivity contribution in [3.05, 3.63) is 29.8 Å². The largest absolute Gasteiger partial charge is 0.326 e. The van der Waals surface area contributed by atoms with Gasteiger partial charge in [-0.2, -0.15) is 0 Å². The third-order valence-electron chi connectivity index (χ3n) is 3.67. The minimum absolute atomic E-state index is 0. The number of carbonyl (C=O) groups is 1. The molecule has 1 heterocycles. The molecular formula is C16H25ClN2O. The molecule has 1 aliphatic rings. The van der Waals surface area contributed by atoms with Gasteiger partial charge in [-0.25, -0.2) is 0 Å². The first-order valence-corrected chi connectivity index (χ1v) is 7.06. The van der Waals surface area contributed by atoms with E-state index in [-0.39, 0.29) is 23.7 Å². The molecule has 1 fully saturated rings. The predicted molar refractivity (Wildman–Crippen MR) is 86.6 cm³/mol. The van der Waals surface area contributed by atoms with Gasteiger partial charge in [0.25, 0.3) is 0 Å². The smallest absolute Gasteiger partial charge is 0.224 e. The fourth-order valence-electron chi connectivity index (χ4n) is 2.42. The standard InChI is InChI=1S/C16H24N2O.ClH/c1-16(2,3)13-4-6-14(7-5-13)18-15(19)10-12-8-9-17-11-12;/h4-7,12,17H,8-11H2,1-3H3,(H,18,19);1H. The topological polar surface area (TPSA) is 41.1 Å². The molecule has 0 bridgehead atoms. The van der Waals surface area contributed by atoms with Crippen LogP contribution in [0.4, 0.5) is 5.69 Å². The molecular weight excluding hydrogens is 272 g/mol. The number of halogens is 1. The van der Waals surface area contributed by atoms with Gasteiger partial charge in [0.2, 0.25) is 5.91 Å². The van der Waals surface area contributed by atoms with Gasteiger partial charge < -0.3 is 10.6 Å². The zero-order valence-corrected chi connectivity index (χ0v) is 13.3. The number of amides is 1. The Labute approximate surface area is 127 Å². The zero-order chi connectivity index (χ0) is 13.9. The summed E-state index contributed by atoms with van der Waals surface area (Å²) >= 11 is 0. The number of anilines is 1. The molecule has 3 nitrogen and oxygen atoms in total. The molecule has 1 aromatic carbocycles. The predicted octanol–water partition coefficient (Wildman–Crippen LogP) is 3.34. The highest BCUT2D eigenvalue weighted by Crippen LogP contribution is 2.23. The van der Waals surface area contributed by atoms with Crippen molar-refractivity contribution in [1.82, 2.24) is 5.32 Å². The summed E-state index contributed by atoms with van der Waals surface area (Å²) in [6.45, 7) is 8.57. The van der Waals surface area contributed by atoms with E-state index in [1.54, 1.807) is 0 Å². The minimum atomic E-state index is 0. The molecule has 0 spiro atoms. The van der Waals surface area contributed by atoms with E-state index >= 15 is 0 Å². The highest BCUT2D eigenvalue weighted by molar-refractivity contribution is 5.90. The number of benzene rings is 1. The van der Waals surface area contributed by atoms with Crippen molar-refractivity contribution in [3.8, 4) is 0 Å². The first-order valence-electron chi connectivity index (χ1n) is 7.06. The lowest BCUT2D eigenvalue weighted by molar-refractivity contribution is -0.116. The summed E-state index contributed by atoms with van der Waals surface area (Å²) in [4.78, 5) is 11.9. The van der Waals surface area contributed by atoms with E-state index in [1.807, 2.05) is 12.1 Å². The Morgan fingerprint density at radius 3 is 2.45 bits per heavy atom. The van der Waals surface area contributed by atoms with E-state index in [1.165, 1.54) is 5.56 Å². The average molecular weight is 297 g/mol. The lowest BCUT2D eigenvalue weighted by atomic mass is 9.87. The van der Waals surface area contributed by atoms with Gasteiger partial charge in [0.1, 0.15) is 0 Å². The lowest BCUT2D eigenvalue weighted by Crippen LogP contribution is -2.18. The summed E-state index contributed by atoms with van der Waals surface area (Å²) < 4.78 is 0. The second-order valence-electron chi connectivity index (χ2n) is 6.44. The minimum Gasteiger partial charge on any atom is -0.326 e. The summed E-state index contributed by atoms with van der Waals surface area (Å²) in [5.41, 5.74) is 2.33. The number of carbonyl (C=O) groups excluding carboxylic acids is 1. The Bertz CT molecular complexity index is 431. The second-order valence-corrected chi connectivity index (χ2v) is 6.44. The van der Waals surface area contributed by atoms with Crippen LogP contribution in [0.5, 0.6) is 0 Å². The average Bonchev–Trinajstić information content (AvgIpc) is 2.81. The highest BCUT2D eigenvalue weighted by atomic mass is 35.5. The molecule has 2 rings (SSSR count). The van der Waals surface area contributed by atoms with Crippen LogP contribution in [0.2, 0.25) is 0 Å². The van der Waals surface area contributed by atoms with Crippen LogP contribution in [-0.2, 0) is 10.2 Å². The summed E-state index contributed by atoms with van der Waals surface area (Å²) in [6.07, 6.45) is 1.73. The van der Waals surface area contributed by atoms with Crippen molar-refractivity contribution in [2.45, 2.75) is 39.0 Å². The Morgan fingerprint density at radius 1 is 1.30 bits per heavy atom. The van der Waals surface area contributed by atoms with Crippen molar-refractivity contribution in [2.75, 3.05) is 18.4 Å². The third-order valence-corrected chi connectivity index (χ3v) is 3.67. The maximum atomic E-state index is 11.9. The quantitative estimate of drug-likeness (QED) is 0.898. The molecule has 1 unspecified atom stereocenters. The molecule has 20 heavy (non-hydrogen) atoms. The van der Waals surface area contributed by atoms with Crippen molar-refractivity contribution >= 4 is 24.0 Å². The van der Waals surface area contributed by atoms with Gasteiger partial charge >= 0.3 is 0 Å². The van der Waals surface area contributed by atoms with E-state index in [4.69, 9.17) is 0 Å². The maximum absolute atomic E-state index is 11.9. The van der Waals surface area contributed by atoms with E-state index in [2.05, 4.69) is 43.5 Å². The number of nitrogens with one attached hydrogen (secondary N) is 2. The zero-order valence-electron chi connectivity index (χ0n) is 12.5. The van der Waals surface area contributed by atoms with Crippen molar-refractivity contribution in [3.63, 3.8) is 0 Å². The molecule has 4 heteroatoms. The summed E-state index contributed by atoms with van der Waals surface area (Å²) in [5, 5.41) is 6.27. The van der Waals surface area contributed by atoms with Crippen molar-refractivity contribution in [2.24, 2.45) is 5.92 Å². The molecule has 0 aromatic heterocycles. The van der Waals surface area contributed by atoms with E-state index in [9.17, 15) is 4.79 Å². The number of hydrogen-bond acceptors (Lipinski definition) is 2. The molecule has 112 valence electrons. The van der Waals surface area contributed by atoms with Crippen LogP contribution < -0.4 is 10.6 Å². The van der Waals surface area contributed by atoms with Crippen LogP contribution in [0.1, 0.15) is 39.2 Å². The van der Waals surface area contributed by atoms with Crippen LogP contribution in [0.25, 0.3) is 0 Å². The summed E-state index contributed by atoms with van der Waals surface area (Å²) in [5.74, 6) is 0.617. The third kappa shape index (κ3) is 4.80. The second kappa shape index (κ2) is 7.09. The monoisotopic (exact) mass is 296 g/mol. The molecule has 1 atom stereocenters. The first kappa shape index (κ1) is 17.0. The molecule has 1 saturated heterocycles. The van der Waals surface area contributed by atoms with Crippen LogP contribution in [0, 0.1) is 5.92 Å². The Kier molecular flexibility index (Phi) is 6.03. The van der Waals surface area contributed by atoms with Gasteiger partial charge in [-0.05, 0) is 48.5 Å². The summed E-state index contributed by atoms with van der Waals surface area (Å²) in [7, 11) is 0. The Hall–Kier alpha value is -1.06. The molecule has 1 amide bonds. The molecule has 1 aliphatic heterocycles. The maximum Gasteiger partial charge on any atom is 0.224 e. The Balaban J connectivity index is 0.00000200. The van der Waals surface area contributed by atoms with Crippen LogP contribution in [0.15, 0.2) is 24.3 Å². The fraction of sp³-hybridized carbons (Fsp3) is 0.562. The van der Waals surface area contributed by atoms with Gasteiger partial charge in [0.15, 0.2) is 0 Å². The van der Waals surface area contributed by atoms with E-state index in [0.29, 0.717) is 12.3 Å². The van der Waals surface area contributed by atoms with Gasteiger partial charge in [-0.3, -0.25) is 4.79 Å². The molecule has 1 aromatic rings. The fourth-order valence-corrected chi connectivity index (χ4v) is 2.42. The van der Waals surface area contributed by atoms with Crippen LogP contribution in [0.3, 0.4) is 0 Å². The highest BCUT2D eigenvalue weighted by Gasteiger charge is 2.18. The summed E-state index contributed by atoms with van der Waals surface area (Å²) in [6, 6.07) is 8.16. The first-order chi connectivity index (χ1) is 8.95. The Morgan fingerprint density at radius 2 is 1.95 bits per heavy atom. The van der Waals surface area contributed by atoms with Gasteiger partial charge in [0, 0.05) is 12.1 Å². The van der Waals surface area contributed by atoms with E-state index in [0.717, 1.165) is 25.2 Å². The molecule has 0 aliphatic carbocycles. The van der Waals surface area contributed by atoms with Crippen molar-refractivity contribution in [1.29, 1.82) is 0 Å². The molecule has 2 N–H and O–H groups in total. The number of hydrogen-bond donors (Lipinski definition) is 2. The number of rotatable bonds is 3. The van der Waals surface area contributed by atoms with Crippen LogP contribution >= 0.6 is 12.4 Å². The van der Waals surface area contributed by atoms with Gasteiger partial charge in [0.05, 0.1) is 0 Å². The molecule has 0 saturated carbocycles. The van der Waals surface area contributed by atoms with E-state index < -0.39 is 0 Å². The molecule has 0 radical (unpaired) electrons. The van der Waals surface area contributed by atoms with Gasteiger partial charge in [-0.1, -0.05) is 32.9 Å². The van der Waals surface area contributed by atoms with Crippen LogP contribution in [-0.4, -0.2) is 19.0 Å². The van der Waals surface area contributed by atoms with Crippen molar-refractivity contribution < 1.29 is 4.79 Å². The lowest BCUT2D eigenvalue weighted by Gasteiger charge is -2.19. The normalized spacial score (nSPS) is 18.4. The SMILES string of the molecule is CC(C)(C)c1ccc(NC(=O)CC2CCNC2)cc1.Cl.